The third kappa shape index (κ3) is 2.50. The molecule has 0 radical (unpaired) electrons. The van der Waals surface area contributed by atoms with Gasteiger partial charge in [-0.2, -0.15) is 0 Å². The van der Waals surface area contributed by atoms with Gasteiger partial charge in [0.1, 0.15) is 11.5 Å². The van der Waals surface area contributed by atoms with Crippen LogP contribution in [0.2, 0.25) is 0 Å². The van der Waals surface area contributed by atoms with Gasteiger partial charge in [-0.1, -0.05) is 36.6 Å². The summed E-state index contributed by atoms with van der Waals surface area (Å²) >= 11 is 0. The van der Waals surface area contributed by atoms with Crippen LogP contribution in [0.1, 0.15) is 31.9 Å². The number of aromatic nitrogens is 1. The molecule has 1 fully saturated rings. The highest BCUT2D eigenvalue weighted by Gasteiger charge is 2.23. The van der Waals surface area contributed by atoms with Crippen molar-refractivity contribution in [1.82, 2.24) is 5.16 Å². The van der Waals surface area contributed by atoms with Crippen molar-refractivity contribution in [2.45, 2.75) is 32.6 Å². The Morgan fingerprint density at radius 2 is 2.05 bits per heavy atom. The smallest absolute Gasteiger partial charge is 0.175 e. The minimum Gasteiger partial charge on any atom is -0.494 e. The number of hydrogen-bond donors (Lipinski definition) is 1. The van der Waals surface area contributed by atoms with E-state index in [2.05, 4.69) is 5.16 Å². The lowest BCUT2D eigenvalue weighted by atomic mass is 9.81. The molecule has 1 aliphatic carbocycles. The van der Waals surface area contributed by atoms with Crippen LogP contribution < -0.4 is 10.5 Å². The van der Waals surface area contributed by atoms with Crippen molar-refractivity contribution >= 4 is 5.82 Å². The van der Waals surface area contributed by atoms with Crippen molar-refractivity contribution in [1.29, 1.82) is 0 Å². The van der Waals surface area contributed by atoms with Crippen LogP contribution in [0.5, 0.6) is 5.75 Å². The van der Waals surface area contributed by atoms with Crippen molar-refractivity contribution in [3.63, 3.8) is 0 Å². The van der Waals surface area contributed by atoms with Gasteiger partial charge in [-0.3, -0.25) is 0 Å². The van der Waals surface area contributed by atoms with Crippen molar-refractivity contribution in [3.8, 4) is 16.9 Å². The van der Waals surface area contributed by atoms with Crippen LogP contribution in [0.3, 0.4) is 0 Å². The van der Waals surface area contributed by atoms with E-state index in [1.807, 2.05) is 31.2 Å². The van der Waals surface area contributed by atoms with Gasteiger partial charge >= 0.3 is 0 Å². The first kappa shape index (κ1) is 13.0. The molecule has 1 saturated carbocycles. The molecule has 0 unspecified atom stereocenters. The minimum absolute atomic E-state index is 0.475. The van der Waals surface area contributed by atoms with E-state index in [9.17, 15) is 0 Å². The highest BCUT2D eigenvalue weighted by molar-refractivity contribution is 5.75. The maximum atomic E-state index is 5.97. The Labute approximate surface area is 118 Å². The van der Waals surface area contributed by atoms with Gasteiger partial charge in [0.05, 0.1) is 12.2 Å². The summed E-state index contributed by atoms with van der Waals surface area (Å²) in [6, 6.07) is 7.94. The summed E-state index contributed by atoms with van der Waals surface area (Å²) in [5.41, 5.74) is 7.96. The predicted molar refractivity (Wildman–Crippen MR) is 78.6 cm³/mol. The quantitative estimate of drug-likeness (QED) is 0.902. The average Bonchev–Trinajstić information content (AvgIpc) is 2.77. The van der Waals surface area contributed by atoms with Crippen molar-refractivity contribution in [2.24, 2.45) is 5.92 Å². The maximum Gasteiger partial charge on any atom is 0.175 e. The van der Waals surface area contributed by atoms with Crippen molar-refractivity contribution < 1.29 is 9.26 Å². The zero-order valence-electron chi connectivity index (χ0n) is 11.8. The Balaban J connectivity index is 1.86. The fourth-order valence-corrected chi connectivity index (χ4v) is 2.63. The van der Waals surface area contributed by atoms with Crippen LogP contribution in [-0.2, 0) is 6.42 Å². The molecular formula is C16H20N2O2. The molecule has 4 heteroatoms. The van der Waals surface area contributed by atoms with Gasteiger partial charge in [0.2, 0.25) is 0 Å². The van der Waals surface area contributed by atoms with Crippen LogP contribution in [0, 0.1) is 5.92 Å². The van der Waals surface area contributed by atoms with Crippen LogP contribution in [0.15, 0.2) is 28.8 Å². The monoisotopic (exact) mass is 272 g/mol. The first-order valence-electron chi connectivity index (χ1n) is 7.25. The highest BCUT2D eigenvalue weighted by atomic mass is 16.5. The molecule has 1 aromatic heterocycles. The summed E-state index contributed by atoms with van der Waals surface area (Å²) < 4.78 is 10.9. The van der Waals surface area contributed by atoms with E-state index >= 15 is 0 Å². The summed E-state index contributed by atoms with van der Waals surface area (Å²) in [4.78, 5) is 0. The molecule has 1 heterocycles. The van der Waals surface area contributed by atoms with E-state index in [0.717, 1.165) is 35.0 Å². The first-order chi connectivity index (χ1) is 9.78. The molecule has 2 N–H and O–H groups in total. The molecule has 20 heavy (non-hydrogen) atoms. The summed E-state index contributed by atoms with van der Waals surface area (Å²) in [5.74, 6) is 2.98. The molecule has 0 spiro atoms. The van der Waals surface area contributed by atoms with Gasteiger partial charge in [0.25, 0.3) is 0 Å². The topological polar surface area (TPSA) is 61.3 Å². The molecule has 1 aliphatic rings. The largest absolute Gasteiger partial charge is 0.494 e. The molecule has 2 aromatic rings. The number of nitrogens with zero attached hydrogens (tertiary/aromatic N) is 1. The van der Waals surface area contributed by atoms with E-state index in [1.54, 1.807) is 0 Å². The number of nitrogen functional groups attached to an aromatic ring is 1. The Bertz CT molecular complexity index is 571. The number of ether oxygens (including phenoxy) is 1. The van der Waals surface area contributed by atoms with Crippen molar-refractivity contribution in [3.05, 3.63) is 30.0 Å². The molecule has 0 amide bonds. The van der Waals surface area contributed by atoms with Crippen LogP contribution in [0.25, 0.3) is 11.1 Å². The average molecular weight is 272 g/mol. The number of rotatable bonds is 5. The molecule has 3 rings (SSSR count). The summed E-state index contributed by atoms with van der Waals surface area (Å²) in [6.45, 7) is 2.64. The predicted octanol–water partition coefficient (Wildman–Crippen LogP) is 3.67. The van der Waals surface area contributed by atoms with Gasteiger partial charge in [0.15, 0.2) is 5.82 Å². The van der Waals surface area contributed by atoms with Crippen LogP contribution in [-0.4, -0.2) is 11.8 Å². The Kier molecular flexibility index (Phi) is 3.63. The molecule has 4 nitrogen and oxygen atoms in total. The van der Waals surface area contributed by atoms with E-state index in [4.69, 9.17) is 15.0 Å². The van der Waals surface area contributed by atoms with E-state index in [0.29, 0.717) is 12.4 Å². The van der Waals surface area contributed by atoms with E-state index in [-0.39, 0.29) is 0 Å². The fourth-order valence-electron chi connectivity index (χ4n) is 2.63. The van der Waals surface area contributed by atoms with Gasteiger partial charge in [-0.25, -0.2) is 0 Å². The second-order valence-corrected chi connectivity index (χ2v) is 5.32. The molecule has 0 bridgehead atoms. The van der Waals surface area contributed by atoms with Crippen molar-refractivity contribution in [2.75, 3.05) is 12.3 Å². The lowest BCUT2D eigenvalue weighted by molar-refractivity contribution is 0.279. The zero-order valence-corrected chi connectivity index (χ0v) is 11.8. The summed E-state index contributed by atoms with van der Waals surface area (Å²) in [6.07, 6.45) is 4.83. The van der Waals surface area contributed by atoms with Gasteiger partial charge < -0.3 is 15.0 Å². The lowest BCUT2D eigenvalue weighted by Gasteiger charge is -2.24. The summed E-state index contributed by atoms with van der Waals surface area (Å²) in [7, 11) is 0. The highest BCUT2D eigenvalue weighted by Crippen LogP contribution is 2.36. The second-order valence-electron chi connectivity index (χ2n) is 5.32. The maximum absolute atomic E-state index is 5.97. The second kappa shape index (κ2) is 5.57. The molecule has 106 valence electrons. The molecule has 0 atom stereocenters. The van der Waals surface area contributed by atoms with Gasteiger partial charge in [-0.15, -0.1) is 0 Å². The Morgan fingerprint density at radius 3 is 2.65 bits per heavy atom. The summed E-state index contributed by atoms with van der Waals surface area (Å²) in [5, 5.41) is 3.93. The normalized spacial score (nSPS) is 15.1. The molecule has 0 aliphatic heterocycles. The van der Waals surface area contributed by atoms with Gasteiger partial charge in [0, 0.05) is 6.42 Å². The number of nitrogens with two attached hydrogens (primary N) is 1. The number of hydrogen-bond acceptors (Lipinski definition) is 4. The van der Waals surface area contributed by atoms with E-state index < -0.39 is 0 Å². The molecule has 0 saturated heterocycles. The van der Waals surface area contributed by atoms with E-state index in [1.165, 1.54) is 19.3 Å². The number of benzene rings is 1. The SMILES string of the molecule is CCOc1ccc(-c2c(N)noc2CC2CCC2)cc1. The van der Waals surface area contributed by atoms with Crippen LogP contribution >= 0.6 is 0 Å². The standard InChI is InChI=1S/C16H20N2O2/c1-2-19-13-8-6-12(7-9-13)15-14(20-18-16(15)17)10-11-4-3-5-11/h6-9,11H,2-5,10H2,1H3,(H2,17,18). The van der Waals surface area contributed by atoms with Gasteiger partial charge in [-0.05, 0) is 30.5 Å². The third-order valence-electron chi connectivity index (χ3n) is 3.94. The first-order valence-corrected chi connectivity index (χ1v) is 7.25. The minimum atomic E-state index is 0.475. The Morgan fingerprint density at radius 1 is 1.30 bits per heavy atom. The zero-order chi connectivity index (χ0) is 13.9. The Hall–Kier alpha value is -1.97. The van der Waals surface area contributed by atoms with Crippen LogP contribution in [0.4, 0.5) is 5.82 Å². The lowest BCUT2D eigenvalue weighted by Crippen LogP contribution is -2.13. The molecule has 1 aromatic carbocycles. The fraction of sp³-hybridized carbons (Fsp3) is 0.438. The molecular weight excluding hydrogens is 252 g/mol. The third-order valence-corrected chi connectivity index (χ3v) is 3.94. The number of anilines is 1.